The van der Waals surface area contributed by atoms with Gasteiger partial charge in [-0.3, -0.25) is 19.8 Å². The minimum Gasteiger partial charge on any atom is -0.337 e. The number of amides is 1. The SMILES string of the molecule is N#Cc1ccc(CN2CCCN(C(=O)c3ccc(-n4cncn4)c([N+](=O)[O-])c3)CC2)cc1. The number of nitro groups is 1. The molecule has 0 atom stereocenters. The molecule has 1 aliphatic heterocycles. The third-order valence-electron chi connectivity index (χ3n) is 5.45. The van der Waals surface area contributed by atoms with E-state index in [0.717, 1.165) is 25.1 Å². The van der Waals surface area contributed by atoms with E-state index in [9.17, 15) is 14.9 Å². The molecule has 10 nitrogen and oxygen atoms in total. The van der Waals surface area contributed by atoms with Crippen molar-refractivity contribution in [1.82, 2.24) is 24.6 Å². The Balaban J connectivity index is 1.45. The molecule has 1 aromatic heterocycles. The molecule has 10 heteroatoms. The minimum absolute atomic E-state index is 0.196. The lowest BCUT2D eigenvalue weighted by Gasteiger charge is -2.22. The molecule has 0 bridgehead atoms. The van der Waals surface area contributed by atoms with Gasteiger partial charge < -0.3 is 4.90 Å². The summed E-state index contributed by atoms with van der Waals surface area (Å²) >= 11 is 0. The molecule has 1 saturated heterocycles. The molecule has 1 amide bonds. The fourth-order valence-electron chi connectivity index (χ4n) is 3.79. The molecule has 4 rings (SSSR count). The molecule has 2 aromatic carbocycles. The van der Waals surface area contributed by atoms with Crippen LogP contribution < -0.4 is 0 Å². The number of nitro benzene ring substituents is 1. The van der Waals surface area contributed by atoms with Crippen LogP contribution in [0.15, 0.2) is 55.1 Å². The zero-order chi connectivity index (χ0) is 22.5. The van der Waals surface area contributed by atoms with E-state index in [0.29, 0.717) is 25.2 Å². The average Bonchev–Trinajstić information content (AvgIpc) is 3.25. The van der Waals surface area contributed by atoms with Gasteiger partial charge in [0, 0.05) is 44.4 Å². The Kier molecular flexibility index (Phi) is 6.19. The van der Waals surface area contributed by atoms with Crippen LogP contribution in [0.1, 0.15) is 27.9 Å². The molecule has 0 radical (unpaired) electrons. The maximum Gasteiger partial charge on any atom is 0.295 e. The van der Waals surface area contributed by atoms with Gasteiger partial charge in [0.2, 0.25) is 0 Å². The van der Waals surface area contributed by atoms with Gasteiger partial charge in [-0.15, -0.1) is 0 Å². The van der Waals surface area contributed by atoms with Crippen molar-refractivity contribution in [3.63, 3.8) is 0 Å². The Hall–Kier alpha value is -4.10. The molecule has 0 spiro atoms. The number of hydrogen-bond acceptors (Lipinski definition) is 7. The van der Waals surface area contributed by atoms with Gasteiger partial charge in [-0.05, 0) is 36.2 Å². The second kappa shape index (κ2) is 9.36. The van der Waals surface area contributed by atoms with Gasteiger partial charge in [-0.2, -0.15) is 10.4 Å². The van der Waals surface area contributed by atoms with Crippen LogP contribution in [0.4, 0.5) is 5.69 Å². The fourth-order valence-corrected chi connectivity index (χ4v) is 3.79. The number of rotatable bonds is 5. The van der Waals surface area contributed by atoms with E-state index in [-0.39, 0.29) is 22.8 Å². The number of aromatic nitrogens is 3. The summed E-state index contributed by atoms with van der Waals surface area (Å²) in [6.45, 7) is 3.40. The maximum absolute atomic E-state index is 13.1. The van der Waals surface area contributed by atoms with Crippen LogP contribution in [0.25, 0.3) is 5.69 Å². The summed E-state index contributed by atoms with van der Waals surface area (Å²) in [5.41, 5.74) is 2.08. The summed E-state index contributed by atoms with van der Waals surface area (Å²) in [5.74, 6) is -0.224. The van der Waals surface area contributed by atoms with Crippen molar-refractivity contribution in [1.29, 1.82) is 5.26 Å². The molecule has 3 aromatic rings. The molecule has 2 heterocycles. The van der Waals surface area contributed by atoms with Gasteiger partial charge in [0.15, 0.2) is 0 Å². The van der Waals surface area contributed by atoms with E-state index in [1.807, 2.05) is 12.1 Å². The van der Waals surface area contributed by atoms with Gasteiger partial charge >= 0.3 is 0 Å². The topological polar surface area (TPSA) is 121 Å². The van der Waals surface area contributed by atoms with Crippen molar-refractivity contribution in [2.24, 2.45) is 0 Å². The fraction of sp³-hybridized carbons (Fsp3) is 0.273. The van der Waals surface area contributed by atoms with E-state index < -0.39 is 4.92 Å². The Morgan fingerprint density at radius 3 is 2.62 bits per heavy atom. The predicted octanol–water partition coefficient (Wildman–Crippen LogP) is 2.40. The van der Waals surface area contributed by atoms with Crippen LogP contribution in [-0.4, -0.2) is 61.6 Å². The number of nitrogens with zero attached hydrogens (tertiary/aromatic N) is 7. The van der Waals surface area contributed by atoms with Crippen LogP contribution in [0.2, 0.25) is 0 Å². The molecule has 0 N–H and O–H groups in total. The Morgan fingerprint density at radius 1 is 1.12 bits per heavy atom. The highest BCUT2D eigenvalue weighted by Gasteiger charge is 2.24. The number of carbonyl (C=O) groups is 1. The van der Waals surface area contributed by atoms with Crippen molar-refractivity contribution in [2.45, 2.75) is 13.0 Å². The summed E-state index contributed by atoms with van der Waals surface area (Å²) < 4.78 is 1.30. The van der Waals surface area contributed by atoms with Gasteiger partial charge in [-0.25, -0.2) is 9.67 Å². The zero-order valence-electron chi connectivity index (χ0n) is 17.3. The van der Waals surface area contributed by atoms with Crippen molar-refractivity contribution in [3.8, 4) is 11.8 Å². The summed E-state index contributed by atoms with van der Waals surface area (Å²) in [6, 6.07) is 14.0. The van der Waals surface area contributed by atoms with Crippen molar-refractivity contribution >= 4 is 11.6 Å². The molecule has 1 aliphatic rings. The summed E-state index contributed by atoms with van der Waals surface area (Å²) in [7, 11) is 0. The van der Waals surface area contributed by atoms with Crippen molar-refractivity contribution in [3.05, 3.63) is 81.9 Å². The highest BCUT2D eigenvalue weighted by atomic mass is 16.6. The highest BCUT2D eigenvalue weighted by molar-refractivity contribution is 5.95. The molecule has 1 fully saturated rings. The summed E-state index contributed by atoms with van der Waals surface area (Å²) in [6.07, 6.45) is 3.48. The first kappa shape index (κ1) is 21.1. The molecular formula is C22H21N7O3. The van der Waals surface area contributed by atoms with E-state index in [1.165, 1.54) is 29.5 Å². The highest BCUT2D eigenvalue weighted by Crippen LogP contribution is 2.24. The van der Waals surface area contributed by atoms with Gasteiger partial charge in [0.1, 0.15) is 18.3 Å². The third-order valence-corrected chi connectivity index (χ3v) is 5.45. The van der Waals surface area contributed by atoms with E-state index >= 15 is 0 Å². The molecule has 162 valence electrons. The lowest BCUT2D eigenvalue weighted by atomic mass is 10.1. The van der Waals surface area contributed by atoms with Crippen LogP contribution in [0.5, 0.6) is 0 Å². The smallest absolute Gasteiger partial charge is 0.295 e. The molecule has 0 unspecified atom stereocenters. The standard InChI is InChI=1S/C22H21N7O3/c23-13-17-2-4-18(5-3-17)14-26-8-1-9-27(11-10-26)22(30)19-6-7-20(21(12-19)29(31)32)28-16-24-15-25-28/h2-7,12,15-16H,1,8-11,14H2. The quantitative estimate of drug-likeness (QED) is 0.449. The van der Waals surface area contributed by atoms with Gasteiger partial charge in [-0.1, -0.05) is 12.1 Å². The Labute approximate surface area is 184 Å². The Morgan fingerprint density at radius 2 is 1.94 bits per heavy atom. The largest absolute Gasteiger partial charge is 0.337 e. The number of benzene rings is 2. The first-order valence-corrected chi connectivity index (χ1v) is 10.2. The van der Waals surface area contributed by atoms with Gasteiger partial charge in [0.25, 0.3) is 11.6 Å². The maximum atomic E-state index is 13.1. The zero-order valence-corrected chi connectivity index (χ0v) is 17.3. The average molecular weight is 431 g/mol. The predicted molar refractivity (Wildman–Crippen MR) is 115 cm³/mol. The normalized spacial score (nSPS) is 14.5. The van der Waals surface area contributed by atoms with E-state index in [4.69, 9.17) is 5.26 Å². The molecule has 0 saturated carbocycles. The summed E-state index contributed by atoms with van der Waals surface area (Å²) in [5, 5.41) is 24.4. The van der Waals surface area contributed by atoms with Crippen molar-refractivity contribution in [2.75, 3.05) is 26.2 Å². The monoisotopic (exact) mass is 431 g/mol. The third kappa shape index (κ3) is 4.63. The lowest BCUT2D eigenvalue weighted by Crippen LogP contribution is -2.35. The van der Waals surface area contributed by atoms with Crippen LogP contribution in [0.3, 0.4) is 0 Å². The lowest BCUT2D eigenvalue weighted by molar-refractivity contribution is -0.384. The Bertz CT molecular complexity index is 1150. The van der Waals surface area contributed by atoms with Gasteiger partial charge in [0.05, 0.1) is 16.6 Å². The van der Waals surface area contributed by atoms with E-state index in [2.05, 4.69) is 21.1 Å². The first-order valence-electron chi connectivity index (χ1n) is 10.2. The second-order valence-corrected chi connectivity index (χ2v) is 7.53. The summed E-state index contributed by atoms with van der Waals surface area (Å²) in [4.78, 5) is 32.0. The number of carbonyl (C=O) groups excluding carboxylic acids is 1. The van der Waals surface area contributed by atoms with Crippen molar-refractivity contribution < 1.29 is 9.72 Å². The van der Waals surface area contributed by atoms with Crippen LogP contribution >= 0.6 is 0 Å². The van der Waals surface area contributed by atoms with Crippen LogP contribution in [0, 0.1) is 21.4 Å². The minimum atomic E-state index is -0.518. The molecule has 0 aliphatic carbocycles. The number of nitriles is 1. The first-order chi connectivity index (χ1) is 15.5. The molecule has 32 heavy (non-hydrogen) atoms. The van der Waals surface area contributed by atoms with Crippen LogP contribution in [-0.2, 0) is 6.54 Å². The number of hydrogen-bond donors (Lipinski definition) is 0. The second-order valence-electron chi connectivity index (χ2n) is 7.53. The van der Waals surface area contributed by atoms with E-state index in [1.54, 1.807) is 23.1 Å². The molecular weight excluding hydrogens is 410 g/mol.